The first-order valence-electron chi connectivity index (χ1n) is 12.6. The molecule has 0 spiro atoms. The molecule has 40 heavy (non-hydrogen) atoms. The molecule has 0 fully saturated rings. The zero-order chi connectivity index (χ0) is 28.2. The monoisotopic (exact) mass is 533 g/mol. The molecule has 200 valence electrons. The van der Waals surface area contributed by atoms with Gasteiger partial charge in [-0.1, -0.05) is 43.0 Å². The molecular weight excluding hydrogens is 506 g/mol. The van der Waals surface area contributed by atoms with Gasteiger partial charge < -0.3 is 16.8 Å². The highest BCUT2D eigenvalue weighted by molar-refractivity contribution is 6.02. The number of hydrogen-bond acceptors (Lipinski definition) is 7. The van der Waals surface area contributed by atoms with Crippen LogP contribution in [0.25, 0.3) is 22.8 Å². The maximum absolute atomic E-state index is 13.4. The molecule has 0 aliphatic carbocycles. The van der Waals surface area contributed by atoms with Crippen LogP contribution < -0.4 is 22.3 Å². The summed E-state index contributed by atoms with van der Waals surface area (Å²) in [5, 5.41) is 11.5. The lowest BCUT2D eigenvalue weighted by molar-refractivity contribution is 0.100. The Hall–Kier alpha value is -5.63. The van der Waals surface area contributed by atoms with E-state index in [0.717, 1.165) is 17.1 Å². The molecule has 0 atom stereocenters. The minimum Gasteiger partial charge on any atom is -0.381 e. The van der Waals surface area contributed by atoms with E-state index in [2.05, 4.69) is 27.4 Å². The molecule has 1 amide bonds. The fourth-order valence-corrected chi connectivity index (χ4v) is 4.37. The molecule has 0 radical (unpaired) electrons. The van der Waals surface area contributed by atoms with Gasteiger partial charge in [-0.25, -0.2) is 9.67 Å². The number of rotatable bonds is 3. The number of nitrogens with one attached hydrogen (secondary N) is 1. The molecule has 4 heterocycles. The minimum absolute atomic E-state index is 0.0980. The number of hydrogen-bond donors (Lipinski definition) is 3. The first-order valence-corrected chi connectivity index (χ1v) is 12.6. The van der Waals surface area contributed by atoms with Crippen LogP contribution in [0.3, 0.4) is 0 Å². The molecule has 1 aliphatic rings. The fourth-order valence-electron chi connectivity index (χ4n) is 4.37. The van der Waals surface area contributed by atoms with Gasteiger partial charge in [0.25, 0.3) is 11.5 Å². The highest BCUT2D eigenvalue weighted by Gasteiger charge is 2.20. The van der Waals surface area contributed by atoms with E-state index in [1.165, 1.54) is 4.68 Å². The molecule has 11 nitrogen and oxygen atoms in total. The van der Waals surface area contributed by atoms with Gasteiger partial charge in [-0.05, 0) is 30.3 Å². The van der Waals surface area contributed by atoms with Crippen LogP contribution in [0, 0.1) is 11.8 Å². The first kappa shape index (κ1) is 26.0. The molecule has 0 unspecified atom stereocenters. The van der Waals surface area contributed by atoms with Crippen LogP contribution in [0.5, 0.6) is 0 Å². The van der Waals surface area contributed by atoms with Crippen LogP contribution in [-0.4, -0.2) is 41.6 Å². The zero-order valence-electron chi connectivity index (χ0n) is 22.0. The molecule has 0 saturated heterocycles. The van der Waals surface area contributed by atoms with Gasteiger partial charge in [0.15, 0.2) is 5.82 Å². The van der Waals surface area contributed by atoms with Crippen molar-refractivity contribution in [1.29, 1.82) is 0 Å². The van der Waals surface area contributed by atoms with E-state index < -0.39 is 5.91 Å². The van der Waals surface area contributed by atoms with Crippen molar-refractivity contribution >= 4 is 34.6 Å². The Bertz CT molecular complexity index is 1870. The Kier molecular flexibility index (Phi) is 7.15. The Morgan fingerprint density at radius 1 is 1.12 bits per heavy atom. The average molecular weight is 534 g/mol. The lowest BCUT2D eigenvalue weighted by Crippen LogP contribution is -2.24. The van der Waals surface area contributed by atoms with Crippen molar-refractivity contribution in [3.63, 3.8) is 0 Å². The number of nitrogens with two attached hydrogens (primary N) is 2. The molecule has 1 aliphatic heterocycles. The molecule has 6 rings (SSSR count). The number of amides is 1. The van der Waals surface area contributed by atoms with E-state index in [9.17, 15) is 9.59 Å². The van der Waals surface area contributed by atoms with Gasteiger partial charge in [0.1, 0.15) is 17.2 Å². The number of carbonyl (C=O) groups is 1. The topological polar surface area (TPSA) is 152 Å². The molecule has 0 saturated carbocycles. The van der Waals surface area contributed by atoms with Crippen LogP contribution in [-0.2, 0) is 13.5 Å². The zero-order valence-corrected chi connectivity index (χ0v) is 22.0. The summed E-state index contributed by atoms with van der Waals surface area (Å²) in [5.41, 5.74) is 13.8. The number of para-hydroxylation sites is 1. The summed E-state index contributed by atoms with van der Waals surface area (Å²) in [7, 11) is 1.85. The van der Waals surface area contributed by atoms with Crippen molar-refractivity contribution in [3.8, 4) is 17.5 Å². The third kappa shape index (κ3) is 5.06. The predicted octanol–water partition coefficient (Wildman–Crippen LogP) is 2.54. The Morgan fingerprint density at radius 2 is 1.93 bits per heavy atom. The number of aromatic nitrogens is 6. The summed E-state index contributed by atoms with van der Waals surface area (Å²) >= 11 is 0. The number of anilines is 2. The molecule has 3 aromatic heterocycles. The standard InChI is InChI=1S/C22H18N4O.C7H9N5O/c1-3-20-24-19-11-7-8-17(13-12-16-14-23-25(2)15-16)21(19)22(27)26(20)18-9-5-4-6-10-18;8-5-4(6(9)13)7-10-2-1-3-12(7)11-5/h4-11,14-15H,3H2,1-2H3;1,3,10H,2H2,(H2,8,11)(H2,9,13). The van der Waals surface area contributed by atoms with E-state index in [1.54, 1.807) is 21.6 Å². The number of primary amides is 1. The van der Waals surface area contributed by atoms with Crippen LogP contribution in [0.15, 0.2) is 71.8 Å². The first-order chi connectivity index (χ1) is 19.4. The summed E-state index contributed by atoms with van der Waals surface area (Å²) in [6.07, 6.45) is 7.80. The molecule has 5 N–H and O–H groups in total. The van der Waals surface area contributed by atoms with Crippen LogP contribution in [0.2, 0.25) is 0 Å². The average Bonchev–Trinajstić information content (AvgIpc) is 3.53. The van der Waals surface area contributed by atoms with Crippen molar-refractivity contribution in [2.24, 2.45) is 12.8 Å². The Balaban J connectivity index is 0.000000207. The summed E-state index contributed by atoms with van der Waals surface area (Å²) in [6.45, 7) is 2.64. The summed E-state index contributed by atoms with van der Waals surface area (Å²) in [6, 6.07) is 15.2. The smallest absolute Gasteiger partial charge is 0.267 e. The highest BCUT2D eigenvalue weighted by atomic mass is 16.1. The second-order valence-electron chi connectivity index (χ2n) is 8.89. The van der Waals surface area contributed by atoms with Crippen molar-refractivity contribution in [1.82, 2.24) is 29.1 Å². The number of nitrogen functional groups attached to an aromatic ring is 1. The number of benzene rings is 2. The Morgan fingerprint density at radius 3 is 2.62 bits per heavy atom. The third-order valence-electron chi connectivity index (χ3n) is 6.16. The summed E-state index contributed by atoms with van der Waals surface area (Å²) < 4.78 is 4.88. The van der Waals surface area contributed by atoms with Gasteiger partial charge in [0.05, 0.1) is 28.4 Å². The van der Waals surface area contributed by atoms with Crippen molar-refractivity contribution < 1.29 is 4.79 Å². The van der Waals surface area contributed by atoms with Crippen LogP contribution in [0.1, 0.15) is 34.2 Å². The Labute approximate surface area is 229 Å². The highest BCUT2D eigenvalue weighted by Crippen LogP contribution is 2.23. The molecular formula is C29H27N9O2. The number of aryl methyl sites for hydroxylation is 2. The SMILES string of the molecule is CCc1nc2cccc(C#Cc3cnn(C)c3)c2c(=O)n1-c1ccccc1.NC(=O)c1c(N)nn2c1NCC=C2. The fraction of sp³-hybridized carbons (Fsp3) is 0.138. The number of fused-ring (bicyclic) bond motifs is 2. The lowest BCUT2D eigenvalue weighted by Gasteiger charge is -2.13. The van der Waals surface area contributed by atoms with E-state index in [-0.39, 0.29) is 16.9 Å². The van der Waals surface area contributed by atoms with Gasteiger partial charge in [0, 0.05) is 38.0 Å². The maximum atomic E-state index is 13.4. The van der Waals surface area contributed by atoms with Crippen LogP contribution in [0.4, 0.5) is 11.6 Å². The molecule has 11 heteroatoms. The minimum atomic E-state index is -0.568. The van der Waals surface area contributed by atoms with Gasteiger partial charge in [-0.3, -0.25) is 18.8 Å². The third-order valence-corrected chi connectivity index (χ3v) is 6.16. The van der Waals surface area contributed by atoms with E-state index in [0.29, 0.717) is 35.2 Å². The van der Waals surface area contributed by atoms with Gasteiger partial charge in [0.2, 0.25) is 0 Å². The second-order valence-corrected chi connectivity index (χ2v) is 8.89. The second kappa shape index (κ2) is 11.0. The van der Waals surface area contributed by atoms with Crippen molar-refractivity contribution in [3.05, 3.63) is 99.9 Å². The summed E-state index contributed by atoms with van der Waals surface area (Å²) in [4.78, 5) is 29.1. The van der Waals surface area contributed by atoms with E-state index in [4.69, 9.17) is 16.5 Å². The van der Waals surface area contributed by atoms with E-state index in [1.807, 2.05) is 74.8 Å². The van der Waals surface area contributed by atoms with E-state index >= 15 is 0 Å². The maximum Gasteiger partial charge on any atom is 0.267 e. The normalized spacial score (nSPS) is 11.6. The predicted molar refractivity (Wildman–Crippen MR) is 155 cm³/mol. The van der Waals surface area contributed by atoms with Gasteiger partial charge in [-0.15, -0.1) is 5.10 Å². The van der Waals surface area contributed by atoms with Crippen molar-refractivity contribution in [2.75, 3.05) is 17.6 Å². The molecule has 5 aromatic rings. The van der Waals surface area contributed by atoms with Crippen molar-refractivity contribution in [2.45, 2.75) is 13.3 Å². The largest absolute Gasteiger partial charge is 0.381 e. The quantitative estimate of drug-likeness (QED) is 0.301. The van der Waals surface area contributed by atoms with Gasteiger partial charge >= 0.3 is 0 Å². The van der Waals surface area contributed by atoms with Gasteiger partial charge in [-0.2, -0.15) is 5.10 Å². The molecule has 2 aromatic carbocycles. The lowest BCUT2D eigenvalue weighted by atomic mass is 10.1. The summed E-state index contributed by atoms with van der Waals surface area (Å²) in [5.74, 6) is 7.08. The molecule has 0 bridgehead atoms. The number of nitrogens with zero attached hydrogens (tertiary/aromatic N) is 6. The number of carbonyl (C=O) groups excluding carboxylic acids is 1. The van der Waals surface area contributed by atoms with Crippen LogP contribution >= 0.6 is 0 Å².